The molecule has 0 saturated heterocycles. The summed E-state index contributed by atoms with van der Waals surface area (Å²) in [4.78, 5) is 26.8. The molecule has 2 aromatic carbocycles. The van der Waals surface area contributed by atoms with Gasteiger partial charge in [-0.15, -0.1) is 0 Å². The lowest BCUT2D eigenvalue weighted by Crippen LogP contribution is -2.45. The van der Waals surface area contributed by atoms with Gasteiger partial charge < -0.3 is 20.3 Å². The van der Waals surface area contributed by atoms with Gasteiger partial charge in [0, 0.05) is 31.1 Å². The van der Waals surface area contributed by atoms with E-state index >= 15 is 0 Å². The second-order valence-corrected chi connectivity index (χ2v) is 8.37. The van der Waals surface area contributed by atoms with Crippen molar-refractivity contribution in [1.29, 1.82) is 0 Å². The maximum Gasteiger partial charge on any atom is 0.315 e. The molecule has 6 nitrogen and oxygen atoms in total. The van der Waals surface area contributed by atoms with Crippen molar-refractivity contribution in [2.24, 2.45) is 5.92 Å². The van der Waals surface area contributed by atoms with E-state index in [4.69, 9.17) is 4.74 Å². The SMILES string of the molecule is COc1ccc(CNC(=O)NC2CCC(C(=O)N(C)[C@H](C)c3ccccc3F)CC2)cc1. The average Bonchev–Trinajstić information content (AvgIpc) is 2.82. The summed E-state index contributed by atoms with van der Waals surface area (Å²) in [5.74, 6) is 0.407. The first kappa shape index (κ1) is 23.6. The van der Waals surface area contributed by atoms with Crippen molar-refractivity contribution in [2.45, 2.75) is 51.2 Å². The Hall–Kier alpha value is -3.09. The molecule has 0 aromatic heterocycles. The van der Waals surface area contributed by atoms with Gasteiger partial charge in [-0.25, -0.2) is 9.18 Å². The molecule has 2 N–H and O–H groups in total. The van der Waals surface area contributed by atoms with E-state index in [-0.39, 0.29) is 35.8 Å². The fourth-order valence-corrected chi connectivity index (χ4v) is 4.15. The number of urea groups is 1. The van der Waals surface area contributed by atoms with E-state index in [1.165, 1.54) is 6.07 Å². The molecule has 3 rings (SSSR count). The van der Waals surface area contributed by atoms with Crippen LogP contribution in [0.4, 0.5) is 9.18 Å². The van der Waals surface area contributed by atoms with Gasteiger partial charge in [-0.2, -0.15) is 0 Å². The molecular formula is C25H32FN3O3. The summed E-state index contributed by atoms with van der Waals surface area (Å²) in [6.07, 6.45) is 2.90. The highest BCUT2D eigenvalue weighted by molar-refractivity contribution is 5.79. The molecule has 0 radical (unpaired) electrons. The number of nitrogens with one attached hydrogen (secondary N) is 2. The average molecular weight is 442 g/mol. The van der Waals surface area contributed by atoms with Crippen LogP contribution in [0.15, 0.2) is 48.5 Å². The normalized spacial score (nSPS) is 19.0. The lowest BCUT2D eigenvalue weighted by atomic mass is 9.85. The van der Waals surface area contributed by atoms with Crippen LogP contribution in [0.1, 0.15) is 49.8 Å². The van der Waals surface area contributed by atoms with Crippen LogP contribution in [0.2, 0.25) is 0 Å². The highest BCUT2D eigenvalue weighted by Gasteiger charge is 2.31. The quantitative estimate of drug-likeness (QED) is 0.669. The summed E-state index contributed by atoms with van der Waals surface area (Å²) in [6.45, 7) is 2.28. The molecular weight excluding hydrogens is 409 g/mol. The van der Waals surface area contributed by atoms with E-state index in [0.717, 1.165) is 24.2 Å². The molecule has 7 heteroatoms. The summed E-state index contributed by atoms with van der Waals surface area (Å²) < 4.78 is 19.2. The number of halogens is 1. The third-order valence-electron chi connectivity index (χ3n) is 6.31. The highest BCUT2D eigenvalue weighted by Crippen LogP contribution is 2.29. The van der Waals surface area contributed by atoms with Gasteiger partial charge in [0.05, 0.1) is 13.2 Å². The zero-order chi connectivity index (χ0) is 23.1. The summed E-state index contributed by atoms with van der Waals surface area (Å²) in [5.41, 5.74) is 1.51. The molecule has 1 atom stereocenters. The zero-order valence-electron chi connectivity index (χ0n) is 18.9. The summed E-state index contributed by atoms with van der Waals surface area (Å²) in [5, 5.41) is 5.88. The summed E-state index contributed by atoms with van der Waals surface area (Å²) >= 11 is 0. The number of carbonyl (C=O) groups excluding carboxylic acids is 2. The first-order chi connectivity index (χ1) is 15.4. The predicted octanol–water partition coefficient (Wildman–Crippen LogP) is 4.41. The molecule has 0 unspecified atom stereocenters. The van der Waals surface area contributed by atoms with Crippen molar-refractivity contribution in [1.82, 2.24) is 15.5 Å². The van der Waals surface area contributed by atoms with Crippen molar-refractivity contribution in [2.75, 3.05) is 14.2 Å². The highest BCUT2D eigenvalue weighted by atomic mass is 19.1. The summed E-state index contributed by atoms with van der Waals surface area (Å²) in [7, 11) is 3.35. The number of nitrogens with zero attached hydrogens (tertiary/aromatic N) is 1. The lowest BCUT2D eigenvalue weighted by molar-refractivity contribution is -0.137. The van der Waals surface area contributed by atoms with Crippen molar-refractivity contribution in [3.05, 3.63) is 65.5 Å². The van der Waals surface area contributed by atoms with Crippen LogP contribution in [0.5, 0.6) is 5.75 Å². The van der Waals surface area contributed by atoms with E-state index < -0.39 is 0 Å². The van der Waals surface area contributed by atoms with E-state index in [2.05, 4.69) is 10.6 Å². The van der Waals surface area contributed by atoms with Crippen LogP contribution < -0.4 is 15.4 Å². The maximum atomic E-state index is 14.1. The van der Waals surface area contributed by atoms with Crippen molar-refractivity contribution < 1.29 is 18.7 Å². The molecule has 0 aliphatic heterocycles. The summed E-state index contributed by atoms with van der Waals surface area (Å²) in [6, 6.07) is 13.6. The third-order valence-corrected chi connectivity index (χ3v) is 6.31. The molecule has 0 spiro atoms. The fraction of sp³-hybridized carbons (Fsp3) is 0.440. The van der Waals surface area contributed by atoms with Crippen molar-refractivity contribution >= 4 is 11.9 Å². The smallest absolute Gasteiger partial charge is 0.315 e. The van der Waals surface area contributed by atoms with Crippen molar-refractivity contribution in [3.63, 3.8) is 0 Å². The minimum atomic E-state index is -0.330. The molecule has 1 saturated carbocycles. The van der Waals surface area contributed by atoms with Crippen LogP contribution in [-0.2, 0) is 11.3 Å². The second kappa shape index (κ2) is 11.0. The van der Waals surface area contributed by atoms with Gasteiger partial charge in [-0.05, 0) is 56.4 Å². The minimum absolute atomic E-state index is 0.0307. The first-order valence-corrected chi connectivity index (χ1v) is 11.1. The first-order valence-electron chi connectivity index (χ1n) is 11.1. The van der Waals surface area contributed by atoms with Gasteiger partial charge in [0.2, 0.25) is 5.91 Å². The Morgan fingerprint density at radius 2 is 1.75 bits per heavy atom. The Bertz CT molecular complexity index is 911. The van der Waals surface area contributed by atoms with Crippen LogP contribution in [-0.4, -0.2) is 37.0 Å². The Morgan fingerprint density at radius 3 is 2.38 bits per heavy atom. The molecule has 1 aliphatic carbocycles. The maximum absolute atomic E-state index is 14.1. The van der Waals surface area contributed by atoms with Crippen LogP contribution in [0.25, 0.3) is 0 Å². The fourth-order valence-electron chi connectivity index (χ4n) is 4.15. The molecule has 0 bridgehead atoms. The van der Waals surface area contributed by atoms with Gasteiger partial charge in [0.1, 0.15) is 11.6 Å². The van der Waals surface area contributed by atoms with Gasteiger partial charge in [0.15, 0.2) is 0 Å². The second-order valence-electron chi connectivity index (χ2n) is 8.37. The lowest BCUT2D eigenvalue weighted by Gasteiger charge is -2.33. The molecule has 0 heterocycles. The standard InChI is InChI=1S/C25H32FN3O3/c1-17(22-6-4-5-7-23(22)26)29(2)24(30)19-10-12-20(13-11-19)28-25(31)27-16-18-8-14-21(32-3)15-9-18/h4-9,14-15,17,19-20H,10-13,16H2,1-3H3,(H2,27,28,31)/t17-,19?,20?/m1/s1. The molecule has 1 fully saturated rings. The van der Waals surface area contributed by atoms with E-state index in [0.29, 0.717) is 24.9 Å². The number of hydrogen-bond acceptors (Lipinski definition) is 3. The largest absolute Gasteiger partial charge is 0.497 e. The minimum Gasteiger partial charge on any atom is -0.497 e. The van der Waals surface area contributed by atoms with E-state index in [1.807, 2.05) is 31.2 Å². The Balaban J connectivity index is 1.43. The van der Waals surface area contributed by atoms with E-state index in [1.54, 1.807) is 37.3 Å². The van der Waals surface area contributed by atoms with Gasteiger partial charge in [0.25, 0.3) is 0 Å². The number of amides is 3. The topological polar surface area (TPSA) is 70.7 Å². The Morgan fingerprint density at radius 1 is 1.09 bits per heavy atom. The number of hydrogen-bond donors (Lipinski definition) is 2. The predicted molar refractivity (Wildman–Crippen MR) is 122 cm³/mol. The number of rotatable bonds is 7. The molecule has 3 amide bonds. The molecule has 32 heavy (non-hydrogen) atoms. The Labute approximate surface area is 189 Å². The van der Waals surface area contributed by atoms with Crippen LogP contribution >= 0.6 is 0 Å². The zero-order valence-corrected chi connectivity index (χ0v) is 18.9. The van der Waals surface area contributed by atoms with Crippen molar-refractivity contribution in [3.8, 4) is 5.75 Å². The van der Waals surface area contributed by atoms with E-state index in [9.17, 15) is 14.0 Å². The van der Waals surface area contributed by atoms with Gasteiger partial charge in [-0.3, -0.25) is 4.79 Å². The Kier molecular flexibility index (Phi) is 8.09. The molecule has 172 valence electrons. The van der Waals surface area contributed by atoms with Gasteiger partial charge >= 0.3 is 6.03 Å². The molecule has 1 aliphatic rings. The number of benzene rings is 2. The van der Waals surface area contributed by atoms with Crippen LogP contribution in [0.3, 0.4) is 0 Å². The molecule has 2 aromatic rings. The number of methoxy groups -OCH3 is 1. The number of carbonyl (C=O) groups is 2. The van der Waals surface area contributed by atoms with Crippen LogP contribution in [0, 0.1) is 11.7 Å². The number of ether oxygens (including phenoxy) is 1. The third kappa shape index (κ3) is 5.99. The van der Waals surface area contributed by atoms with Gasteiger partial charge in [-0.1, -0.05) is 30.3 Å². The monoisotopic (exact) mass is 441 g/mol.